The van der Waals surface area contributed by atoms with Gasteiger partial charge in [-0.15, -0.1) is 0 Å². The number of nitrogens with one attached hydrogen (secondary N) is 1. The molecule has 0 radical (unpaired) electrons. The van der Waals surface area contributed by atoms with E-state index in [2.05, 4.69) is 29.6 Å². The zero-order chi connectivity index (χ0) is 22.4. The van der Waals surface area contributed by atoms with Crippen LogP contribution in [0.1, 0.15) is 50.2 Å². The number of carbonyl (C=O) groups is 2. The second-order valence-electron chi connectivity index (χ2n) is 9.51. The summed E-state index contributed by atoms with van der Waals surface area (Å²) in [5, 5.41) is 3.80. The molecule has 1 aliphatic heterocycles. The molecule has 2 fully saturated rings. The fourth-order valence-corrected chi connectivity index (χ4v) is 5.93. The van der Waals surface area contributed by atoms with Crippen molar-refractivity contribution in [2.45, 2.75) is 57.9 Å². The zero-order valence-corrected chi connectivity index (χ0v) is 20.1. The average molecular weight is 512 g/mol. The van der Waals surface area contributed by atoms with Crippen LogP contribution in [0.3, 0.4) is 0 Å². The van der Waals surface area contributed by atoms with E-state index in [1.807, 2.05) is 36.4 Å². The van der Waals surface area contributed by atoms with Crippen molar-refractivity contribution in [3.05, 3.63) is 71.8 Å². The number of hydrogen-bond donors (Lipinski definition) is 1. The first-order chi connectivity index (χ1) is 15.6. The molecule has 190 valence electrons. The van der Waals surface area contributed by atoms with Crippen LogP contribution in [-0.4, -0.2) is 79.6 Å². The Kier molecular flexibility index (Phi) is 13.7. The molecule has 2 aromatic carbocycles. The van der Waals surface area contributed by atoms with Crippen LogP contribution in [-0.2, 0) is 27.2 Å². The van der Waals surface area contributed by atoms with Crippen LogP contribution in [0.4, 0.5) is 0 Å². The molecule has 1 heterocycles. The van der Waals surface area contributed by atoms with Gasteiger partial charge in [0, 0.05) is 12.5 Å². The Hall–Kier alpha value is -1.28. The van der Waals surface area contributed by atoms with Gasteiger partial charge in [0.05, 0.1) is 5.41 Å². The van der Waals surface area contributed by atoms with Gasteiger partial charge in [-0.1, -0.05) is 80.4 Å². The summed E-state index contributed by atoms with van der Waals surface area (Å²) in [6, 6.07) is 20.7. The summed E-state index contributed by atoms with van der Waals surface area (Å²) >= 11 is 0. The molecule has 6 nitrogen and oxygen atoms in total. The summed E-state index contributed by atoms with van der Waals surface area (Å²) < 4.78 is 5.41. The molecular formula is C28H41CaNO5. The first kappa shape index (κ1) is 31.7. The Morgan fingerprint density at radius 3 is 2.00 bits per heavy atom. The van der Waals surface area contributed by atoms with Crippen LogP contribution in [0.15, 0.2) is 60.7 Å². The van der Waals surface area contributed by atoms with Gasteiger partial charge in [-0.3, -0.25) is 9.59 Å². The van der Waals surface area contributed by atoms with E-state index >= 15 is 0 Å². The summed E-state index contributed by atoms with van der Waals surface area (Å²) in [7, 11) is 0. The third kappa shape index (κ3) is 7.60. The van der Waals surface area contributed by atoms with E-state index in [0.717, 1.165) is 24.1 Å². The number of hydrogen-bond acceptors (Lipinski definition) is 4. The van der Waals surface area contributed by atoms with Gasteiger partial charge in [0.25, 0.3) is 0 Å². The number of esters is 1. The Morgan fingerprint density at radius 2 is 1.46 bits per heavy atom. The summed E-state index contributed by atoms with van der Waals surface area (Å²) in [6.07, 6.45) is 6.48. The molecule has 35 heavy (non-hydrogen) atoms. The fraction of sp³-hybridized carbons (Fsp3) is 0.500. The monoisotopic (exact) mass is 511 g/mol. The molecule has 0 amide bonds. The molecule has 5 N–H and O–H groups in total. The van der Waals surface area contributed by atoms with Crippen molar-refractivity contribution in [2.75, 3.05) is 13.2 Å². The summed E-state index contributed by atoms with van der Waals surface area (Å²) in [5.74, 6) is 0.838. The maximum atomic E-state index is 14.0. The van der Waals surface area contributed by atoms with Crippen LogP contribution >= 0.6 is 0 Å². The van der Waals surface area contributed by atoms with Crippen molar-refractivity contribution >= 4 is 49.5 Å². The van der Waals surface area contributed by atoms with E-state index in [-0.39, 0.29) is 79.5 Å². The Labute approximate surface area is 238 Å². The van der Waals surface area contributed by atoms with Crippen molar-refractivity contribution in [2.24, 2.45) is 17.3 Å². The van der Waals surface area contributed by atoms with Crippen molar-refractivity contribution < 1.29 is 25.3 Å². The molecule has 3 atom stereocenters. The van der Waals surface area contributed by atoms with Gasteiger partial charge in [-0.2, -0.15) is 0 Å². The fourth-order valence-electron chi connectivity index (χ4n) is 5.93. The van der Waals surface area contributed by atoms with E-state index in [4.69, 9.17) is 4.74 Å². The second kappa shape index (κ2) is 15.1. The van der Waals surface area contributed by atoms with Crippen LogP contribution in [0, 0.1) is 17.3 Å². The van der Waals surface area contributed by atoms with Crippen LogP contribution in [0.2, 0.25) is 0 Å². The first-order valence-electron chi connectivity index (χ1n) is 12.1. The predicted octanol–water partition coefficient (Wildman–Crippen LogP) is 2.19. The molecule has 4 rings (SSSR count). The number of ether oxygens (including phenoxy) is 1. The number of ketones is 1. The number of carbonyl (C=O) groups excluding carboxylic acids is 2. The van der Waals surface area contributed by atoms with E-state index in [1.165, 1.54) is 19.3 Å². The topological polar surface area (TPSA) is 118 Å². The number of benzene rings is 2. The van der Waals surface area contributed by atoms with Gasteiger partial charge in [0.2, 0.25) is 0 Å². The van der Waals surface area contributed by atoms with Gasteiger partial charge >= 0.3 is 43.7 Å². The van der Waals surface area contributed by atoms with E-state index < -0.39 is 5.41 Å². The Morgan fingerprint density at radius 1 is 0.914 bits per heavy atom. The predicted molar refractivity (Wildman–Crippen MR) is 142 cm³/mol. The standard InChI is InChI=1S/C28H35NO3.Ca.2H2O.2H/c1-2-26(31)32-20-25(30)28(17-21-11-5-3-6-12-21,18-22-13-7-4-8-14-22)27-24-16-10-9-15-23(24)19-29-27;;;;;/h3-8,11-14,23-24,27,29H,2,9-10,15-20H2,1H3;;2*1H2;;. The van der Waals surface area contributed by atoms with Gasteiger partial charge < -0.3 is 21.0 Å². The molecule has 7 heteroatoms. The maximum absolute atomic E-state index is 14.0. The third-order valence-corrected chi connectivity index (χ3v) is 7.52. The number of fused-ring (bicyclic) bond motifs is 1. The molecule has 2 aliphatic rings. The first-order valence-corrected chi connectivity index (χ1v) is 12.1. The quantitative estimate of drug-likeness (QED) is 0.410. The van der Waals surface area contributed by atoms with Crippen molar-refractivity contribution in [3.8, 4) is 0 Å². The van der Waals surface area contributed by atoms with E-state index in [1.54, 1.807) is 6.92 Å². The van der Waals surface area contributed by atoms with Gasteiger partial charge in [-0.05, 0) is 55.2 Å². The molecule has 0 aromatic heterocycles. The number of rotatable bonds is 9. The molecule has 1 saturated heterocycles. The van der Waals surface area contributed by atoms with Crippen molar-refractivity contribution in [1.82, 2.24) is 5.32 Å². The Balaban J connectivity index is 0.00000204. The summed E-state index contributed by atoms with van der Waals surface area (Å²) in [5.41, 5.74) is 1.65. The van der Waals surface area contributed by atoms with Crippen LogP contribution in [0.25, 0.3) is 0 Å². The second-order valence-corrected chi connectivity index (χ2v) is 9.51. The average Bonchev–Trinajstić information content (AvgIpc) is 3.28. The van der Waals surface area contributed by atoms with Gasteiger partial charge in [0.1, 0.15) is 0 Å². The molecule has 0 spiro atoms. The normalized spacial score (nSPS) is 20.9. The van der Waals surface area contributed by atoms with Gasteiger partial charge in [-0.25, -0.2) is 0 Å². The zero-order valence-electron chi connectivity index (χ0n) is 20.1. The molecular weight excluding hydrogens is 470 g/mol. The summed E-state index contributed by atoms with van der Waals surface area (Å²) in [4.78, 5) is 26.0. The minimum absolute atomic E-state index is 0. The molecule has 3 unspecified atom stereocenters. The molecule has 1 aliphatic carbocycles. The van der Waals surface area contributed by atoms with E-state index in [9.17, 15) is 9.59 Å². The van der Waals surface area contributed by atoms with Crippen molar-refractivity contribution in [3.63, 3.8) is 0 Å². The SMILES string of the molecule is CCC(=O)OCC(=O)C(Cc1ccccc1)(Cc1ccccc1)C1NCC2CCCCC21.O.O.[CaH2]. The molecule has 1 saturated carbocycles. The Bertz CT molecular complexity index is 867. The number of Topliss-reactive ketones (excluding diaryl/α,β-unsaturated/α-hetero) is 1. The summed E-state index contributed by atoms with van der Waals surface area (Å²) in [6.45, 7) is 2.59. The molecule has 0 bridgehead atoms. The van der Waals surface area contributed by atoms with Crippen LogP contribution in [0.5, 0.6) is 0 Å². The van der Waals surface area contributed by atoms with Crippen molar-refractivity contribution in [1.29, 1.82) is 0 Å². The minimum atomic E-state index is -0.659. The van der Waals surface area contributed by atoms with E-state index in [0.29, 0.717) is 24.7 Å². The van der Waals surface area contributed by atoms with Gasteiger partial charge in [0.15, 0.2) is 12.4 Å². The third-order valence-electron chi connectivity index (χ3n) is 7.52. The van der Waals surface area contributed by atoms with Crippen LogP contribution < -0.4 is 5.32 Å². The molecule has 2 aromatic rings.